The summed E-state index contributed by atoms with van der Waals surface area (Å²) in [6.45, 7) is 0.501. The molecule has 1 fully saturated rings. The van der Waals surface area contributed by atoms with E-state index in [9.17, 15) is 9.59 Å². The van der Waals surface area contributed by atoms with Crippen LogP contribution in [0.4, 0.5) is 10.8 Å². The highest BCUT2D eigenvalue weighted by Gasteiger charge is 2.34. The molecule has 25 heavy (non-hydrogen) atoms. The lowest BCUT2D eigenvalue weighted by molar-refractivity contribution is -0.117. The van der Waals surface area contributed by atoms with Crippen LogP contribution in [0.1, 0.15) is 17.3 Å². The van der Waals surface area contributed by atoms with Crippen molar-refractivity contribution in [2.24, 2.45) is 0 Å². The Morgan fingerprint density at radius 3 is 2.72 bits per heavy atom. The molecule has 7 nitrogen and oxygen atoms in total. The fourth-order valence-electron chi connectivity index (χ4n) is 2.49. The molecule has 1 atom stereocenters. The minimum absolute atomic E-state index is 0.0116. The molecule has 2 amide bonds. The predicted octanol–water partition coefficient (Wildman–Crippen LogP) is 2.81. The number of alkyl halides is 2. The van der Waals surface area contributed by atoms with Crippen LogP contribution in [0.3, 0.4) is 0 Å². The Kier molecular flexibility index (Phi) is 5.41. The standard InChI is InChI=1S/C15H14Cl2N4O3S/c1-24-10-4-2-9(3-5-10)21-7-8(6-11(21)22)14-19-20-15(25-14)18-13(23)12(16)17/h2-5,8,12H,6-7H2,1H3,(H,18,20,23). The molecule has 1 aliphatic heterocycles. The van der Waals surface area contributed by atoms with E-state index in [0.29, 0.717) is 23.1 Å². The second-order valence-electron chi connectivity index (χ2n) is 5.34. The van der Waals surface area contributed by atoms with E-state index in [0.717, 1.165) is 11.4 Å². The summed E-state index contributed by atoms with van der Waals surface area (Å²) in [6, 6.07) is 7.30. The number of nitrogens with zero attached hydrogens (tertiary/aromatic N) is 3. The van der Waals surface area contributed by atoms with Crippen LogP contribution in [0, 0.1) is 0 Å². The summed E-state index contributed by atoms with van der Waals surface area (Å²) in [4.78, 5) is 24.3. The number of anilines is 2. The Bertz CT molecular complexity index is 781. The summed E-state index contributed by atoms with van der Waals surface area (Å²) in [5, 5.41) is 11.4. The van der Waals surface area contributed by atoms with Crippen LogP contribution in [0.25, 0.3) is 0 Å². The number of carbonyl (C=O) groups excluding carboxylic acids is 2. The van der Waals surface area contributed by atoms with Crippen molar-refractivity contribution in [3.05, 3.63) is 29.3 Å². The van der Waals surface area contributed by atoms with Crippen LogP contribution in [-0.4, -0.2) is 40.5 Å². The molecule has 1 aliphatic rings. The van der Waals surface area contributed by atoms with Gasteiger partial charge in [-0.15, -0.1) is 10.2 Å². The number of carbonyl (C=O) groups is 2. The molecule has 10 heteroatoms. The van der Waals surface area contributed by atoms with Gasteiger partial charge in [-0.05, 0) is 24.3 Å². The fraction of sp³-hybridized carbons (Fsp3) is 0.333. The molecule has 2 aromatic rings. The van der Waals surface area contributed by atoms with Gasteiger partial charge in [0.15, 0.2) is 4.84 Å². The van der Waals surface area contributed by atoms with Crippen LogP contribution in [0.2, 0.25) is 0 Å². The Labute approximate surface area is 157 Å². The molecule has 2 heterocycles. The SMILES string of the molecule is COc1ccc(N2CC(c3nnc(NC(=O)C(Cl)Cl)s3)CC2=O)cc1. The largest absolute Gasteiger partial charge is 0.497 e. The van der Waals surface area contributed by atoms with Crippen LogP contribution < -0.4 is 15.0 Å². The number of ether oxygens (including phenoxy) is 1. The van der Waals surface area contributed by atoms with Gasteiger partial charge in [0.05, 0.1) is 7.11 Å². The Hall–Kier alpha value is -1.90. The van der Waals surface area contributed by atoms with Gasteiger partial charge in [-0.25, -0.2) is 0 Å². The van der Waals surface area contributed by atoms with Gasteiger partial charge in [-0.1, -0.05) is 34.5 Å². The molecular weight excluding hydrogens is 387 g/mol. The summed E-state index contributed by atoms with van der Waals surface area (Å²) in [5.41, 5.74) is 0.804. The number of aromatic nitrogens is 2. The lowest BCUT2D eigenvalue weighted by Gasteiger charge is -2.16. The van der Waals surface area contributed by atoms with Gasteiger partial charge >= 0.3 is 0 Å². The molecule has 0 bridgehead atoms. The molecule has 0 spiro atoms. The van der Waals surface area contributed by atoms with Crippen molar-refractivity contribution in [3.63, 3.8) is 0 Å². The number of hydrogen-bond donors (Lipinski definition) is 1. The maximum absolute atomic E-state index is 12.3. The summed E-state index contributed by atoms with van der Waals surface area (Å²) in [7, 11) is 1.59. The zero-order valence-corrected chi connectivity index (χ0v) is 15.4. The Morgan fingerprint density at radius 1 is 1.36 bits per heavy atom. The summed E-state index contributed by atoms with van der Waals surface area (Å²) in [5.74, 6) is 0.0971. The highest BCUT2D eigenvalue weighted by Crippen LogP contribution is 2.34. The monoisotopic (exact) mass is 400 g/mol. The molecule has 1 unspecified atom stereocenters. The van der Waals surface area contributed by atoms with E-state index in [2.05, 4.69) is 15.5 Å². The quantitative estimate of drug-likeness (QED) is 0.779. The van der Waals surface area contributed by atoms with Gasteiger partial charge in [0.1, 0.15) is 10.8 Å². The van der Waals surface area contributed by atoms with Crippen LogP contribution in [0.15, 0.2) is 24.3 Å². The highest BCUT2D eigenvalue weighted by atomic mass is 35.5. The van der Waals surface area contributed by atoms with Crippen molar-refractivity contribution in [3.8, 4) is 5.75 Å². The highest BCUT2D eigenvalue weighted by molar-refractivity contribution is 7.15. The molecule has 0 saturated carbocycles. The van der Waals surface area contributed by atoms with E-state index in [4.69, 9.17) is 27.9 Å². The molecule has 1 aromatic heterocycles. The first-order chi connectivity index (χ1) is 12.0. The first-order valence-electron chi connectivity index (χ1n) is 7.34. The van der Waals surface area contributed by atoms with Gasteiger partial charge in [0, 0.05) is 24.6 Å². The smallest absolute Gasteiger partial charge is 0.259 e. The third-order valence-electron chi connectivity index (χ3n) is 3.73. The number of methoxy groups -OCH3 is 1. The van der Waals surface area contributed by atoms with Crippen molar-refractivity contribution >= 4 is 57.2 Å². The topological polar surface area (TPSA) is 84.4 Å². The Morgan fingerprint density at radius 2 is 2.08 bits per heavy atom. The first-order valence-corrected chi connectivity index (χ1v) is 9.03. The number of benzene rings is 1. The van der Waals surface area contributed by atoms with E-state index < -0.39 is 10.7 Å². The summed E-state index contributed by atoms with van der Waals surface area (Å²) < 4.78 is 5.13. The molecule has 0 radical (unpaired) electrons. The molecular formula is C15H14Cl2N4O3S. The predicted molar refractivity (Wildman–Crippen MR) is 96.7 cm³/mol. The molecule has 1 N–H and O–H groups in total. The number of amides is 2. The van der Waals surface area contributed by atoms with Crippen molar-refractivity contribution in [2.75, 3.05) is 23.9 Å². The van der Waals surface area contributed by atoms with E-state index in [1.165, 1.54) is 11.3 Å². The number of rotatable bonds is 5. The van der Waals surface area contributed by atoms with Crippen molar-refractivity contribution < 1.29 is 14.3 Å². The zero-order valence-electron chi connectivity index (χ0n) is 13.1. The number of halogens is 2. The molecule has 0 aliphatic carbocycles. The Balaban J connectivity index is 1.70. The molecule has 3 rings (SSSR count). The average molecular weight is 401 g/mol. The maximum Gasteiger partial charge on any atom is 0.259 e. The van der Waals surface area contributed by atoms with Gasteiger partial charge < -0.3 is 9.64 Å². The lowest BCUT2D eigenvalue weighted by atomic mass is 10.1. The normalized spacial score (nSPS) is 17.2. The van der Waals surface area contributed by atoms with Crippen LogP contribution in [-0.2, 0) is 9.59 Å². The minimum atomic E-state index is -1.18. The lowest BCUT2D eigenvalue weighted by Crippen LogP contribution is -2.24. The van der Waals surface area contributed by atoms with Crippen molar-refractivity contribution in [1.29, 1.82) is 0 Å². The summed E-state index contributed by atoms with van der Waals surface area (Å²) >= 11 is 12.2. The van der Waals surface area contributed by atoms with Gasteiger partial charge in [-0.2, -0.15) is 0 Å². The van der Waals surface area contributed by atoms with Gasteiger partial charge in [0.25, 0.3) is 5.91 Å². The van der Waals surface area contributed by atoms with E-state index in [-0.39, 0.29) is 11.8 Å². The van der Waals surface area contributed by atoms with Crippen molar-refractivity contribution in [1.82, 2.24) is 10.2 Å². The van der Waals surface area contributed by atoms with Crippen LogP contribution >= 0.6 is 34.5 Å². The van der Waals surface area contributed by atoms with E-state index in [1.807, 2.05) is 24.3 Å². The van der Waals surface area contributed by atoms with Crippen molar-refractivity contribution in [2.45, 2.75) is 17.2 Å². The van der Waals surface area contributed by atoms with Gasteiger partial charge in [-0.3, -0.25) is 14.9 Å². The first kappa shape index (κ1) is 17.9. The molecule has 1 saturated heterocycles. The third kappa shape index (κ3) is 4.02. The third-order valence-corrected chi connectivity index (χ3v) is 5.12. The fourth-order valence-corrected chi connectivity index (χ4v) is 3.44. The van der Waals surface area contributed by atoms with Crippen LogP contribution in [0.5, 0.6) is 5.75 Å². The number of hydrogen-bond acceptors (Lipinski definition) is 6. The maximum atomic E-state index is 12.3. The number of nitrogens with one attached hydrogen (secondary N) is 1. The second-order valence-corrected chi connectivity index (χ2v) is 7.44. The zero-order chi connectivity index (χ0) is 18.0. The second kappa shape index (κ2) is 7.55. The molecule has 1 aromatic carbocycles. The average Bonchev–Trinajstić information content (AvgIpc) is 3.21. The van der Waals surface area contributed by atoms with Gasteiger partial charge in [0.2, 0.25) is 11.0 Å². The van der Waals surface area contributed by atoms with E-state index >= 15 is 0 Å². The minimum Gasteiger partial charge on any atom is -0.497 e. The summed E-state index contributed by atoms with van der Waals surface area (Å²) in [6.07, 6.45) is 0.336. The molecule has 132 valence electrons. The van der Waals surface area contributed by atoms with E-state index in [1.54, 1.807) is 12.0 Å².